The molecule has 8 nitrogen and oxygen atoms in total. The number of hydrogen-bond donors (Lipinski definition) is 2. The summed E-state index contributed by atoms with van der Waals surface area (Å²) in [4.78, 5) is 35.6. The Morgan fingerprint density at radius 1 is 1.47 bits per heavy atom. The second-order valence-electron chi connectivity index (χ2n) is 4.00. The van der Waals surface area contributed by atoms with E-state index >= 15 is 0 Å². The number of carbonyl (C=O) groups is 1. The van der Waals surface area contributed by atoms with Crippen LogP contribution in [-0.2, 0) is 20.0 Å². The molecule has 0 atom stereocenters. The zero-order valence-electron chi connectivity index (χ0n) is 10.2. The molecule has 0 spiro atoms. The van der Waals surface area contributed by atoms with Crippen LogP contribution in [0, 0.1) is 0 Å². The first-order valence-corrected chi connectivity index (χ1v) is 5.53. The number of nitrogens with one attached hydrogen (secondary N) is 1. The van der Waals surface area contributed by atoms with Crippen LogP contribution in [0.25, 0.3) is 0 Å². The molecular formula is C11H12N4O4. The van der Waals surface area contributed by atoms with Crippen molar-refractivity contribution >= 4 is 5.97 Å². The predicted octanol–water partition coefficient (Wildman–Crippen LogP) is -0.789. The van der Waals surface area contributed by atoms with Crippen LogP contribution >= 0.6 is 0 Å². The largest absolute Gasteiger partial charge is 0.477 e. The Hall–Kier alpha value is -2.64. The van der Waals surface area contributed by atoms with Crippen molar-refractivity contribution in [3.05, 3.63) is 50.6 Å². The van der Waals surface area contributed by atoms with Gasteiger partial charge < -0.3 is 5.11 Å². The molecule has 0 saturated heterocycles. The number of aromatic carboxylic acids is 1. The van der Waals surface area contributed by atoms with Gasteiger partial charge in [0.2, 0.25) is 0 Å². The van der Waals surface area contributed by atoms with Gasteiger partial charge in [-0.05, 0) is 6.07 Å². The van der Waals surface area contributed by atoms with E-state index in [1.54, 1.807) is 24.0 Å². The maximum absolute atomic E-state index is 11.6. The van der Waals surface area contributed by atoms with E-state index in [9.17, 15) is 14.4 Å². The van der Waals surface area contributed by atoms with Crippen molar-refractivity contribution < 1.29 is 9.90 Å². The fourth-order valence-electron chi connectivity index (χ4n) is 1.71. The van der Waals surface area contributed by atoms with E-state index in [0.717, 1.165) is 16.5 Å². The highest BCUT2D eigenvalue weighted by molar-refractivity contribution is 5.86. The lowest BCUT2D eigenvalue weighted by Gasteiger charge is -2.06. The number of carboxylic acids is 1. The third-order valence-electron chi connectivity index (χ3n) is 2.77. The molecule has 2 aromatic heterocycles. The Morgan fingerprint density at radius 2 is 2.21 bits per heavy atom. The van der Waals surface area contributed by atoms with Crippen molar-refractivity contribution in [1.29, 1.82) is 0 Å². The van der Waals surface area contributed by atoms with E-state index in [1.807, 2.05) is 4.98 Å². The van der Waals surface area contributed by atoms with Gasteiger partial charge in [0.1, 0.15) is 5.56 Å². The fraction of sp³-hybridized carbons (Fsp3) is 0.273. The lowest BCUT2D eigenvalue weighted by Crippen LogP contribution is -2.33. The topological polar surface area (TPSA) is 110 Å². The van der Waals surface area contributed by atoms with Gasteiger partial charge >= 0.3 is 11.7 Å². The van der Waals surface area contributed by atoms with Gasteiger partial charge in [-0.1, -0.05) is 0 Å². The normalized spacial score (nSPS) is 10.6. The van der Waals surface area contributed by atoms with Gasteiger partial charge in [-0.2, -0.15) is 5.10 Å². The maximum Gasteiger partial charge on any atom is 0.342 e. The molecule has 2 rings (SSSR count). The molecule has 0 amide bonds. The molecule has 0 fully saturated rings. The molecule has 0 saturated carbocycles. The molecule has 0 aliphatic carbocycles. The summed E-state index contributed by atoms with van der Waals surface area (Å²) in [5.74, 6) is -1.37. The molecular weight excluding hydrogens is 252 g/mol. The zero-order valence-corrected chi connectivity index (χ0v) is 10.2. The maximum atomic E-state index is 11.6. The summed E-state index contributed by atoms with van der Waals surface area (Å²) >= 11 is 0. The van der Waals surface area contributed by atoms with Gasteiger partial charge in [0.25, 0.3) is 5.56 Å². The minimum absolute atomic E-state index is 0.259. The zero-order chi connectivity index (χ0) is 14.0. The number of rotatable bonds is 4. The third-order valence-corrected chi connectivity index (χ3v) is 2.77. The van der Waals surface area contributed by atoms with E-state index < -0.39 is 22.8 Å². The van der Waals surface area contributed by atoms with Crippen molar-refractivity contribution in [2.75, 3.05) is 0 Å². The van der Waals surface area contributed by atoms with E-state index in [2.05, 4.69) is 5.10 Å². The van der Waals surface area contributed by atoms with Crippen LogP contribution in [0.4, 0.5) is 0 Å². The van der Waals surface area contributed by atoms with Gasteiger partial charge in [-0.25, -0.2) is 9.59 Å². The summed E-state index contributed by atoms with van der Waals surface area (Å²) in [7, 11) is 1.77. The monoisotopic (exact) mass is 264 g/mol. The highest BCUT2D eigenvalue weighted by atomic mass is 16.4. The smallest absolute Gasteiger partial charge is 0.342 e. The summed E-state index contributed by atoms with van der Waals surface area (Å²) in [6, 6.07) is 1.80. The molecule has 100 valence electrons. The summed E-state index contributed by atoms with van der Waals surface area (Å²) in [6.07, 6.45) is 3.19. The van der Waals surface area contributed by atoms with Gasteiger partial charge in [0.15, 0.2) is 0 Å². The number of aromatic nitrogens is 4. The van der Waals surface area contributed by atoms with Crippen molar-refractivity contribution in [3.8, 4) is 0 Å². The molecule has 0 unspecified atom stereocenters. The van der Waals surface area contributed by atoms with Crippen molar-refractivity contribution in [3.63, 3.8) is 0 Å². The second-order valence-corrected chi connectivity index (χ2v) is 4.00. The van der Waals surface area contributed by atoms with Gasteiger partial charge in [-0.3, -0.25) is 19.0 Å². The molecule has 2 aromatic rings. The first-order valence-electron chi connectivity index (χ1n) is 5.53. The summed E-state index contributed by atoms with van der Waals surface area (Å²) < 4.78 is 2.83. The lowest BCUT2D eigenvalue weighted by atomic mass is 10.3. The van der Waals surface area contributed by atoms with Crippen molar-refractivity contribution in [1.82, 2.24) is 19.3 Å². The number of hydrogen-bond acceptors (Lipinski definition) is 4. The molecule has 0 aliphatic heterocycles. The third kappa shape index (κ3) is 2.62. The number of carboxylic acid groups (broad SMARTS) is 1. The van der Waals surface area contributed by atoms with Gasteiger partial charge in [0.05, 0.1) is 0 Å². The quantitative estimate of drug-likeness (QED) is 0.752. The SMILES string of the molecule is Cn1nccc1CCn1cc(C(=O)O)c(=O)[nH]c1=O. The average molecular weight is 264 g/mol. The van der Waals surface area contributed by atoms with Crippen LogP contribution in [0.3, 0.4) is 0 Å². The Bertz CT molecular complexity index is 725. The first-order chi connectivity index (χ1) is 8.99. The lowest BCUT2D eigenvalue weighted by molar-refractivity contribution is 0.0693. The Morgan fingerprint density at radius 3 is 2.79 bits per heavy atom. The van der Waals surface area contributed by atoms with E-state index in [0.29, 0.717) is 6.42 Å². The highest BCUT2D eigenvalue weighted by Crippen LogP contribution is 1.99. The molecule has 0 bridgehead atoms. The van der Waals surface area contributed by atoms with Crippen LogP contribution in [-0.4, -0.2) is 30.4 Å². The van der Waals surface area contributed by atoms with Crippen molar-refractivity contribution in [2.45, 2.75) is 13.0 Å². The van der Waals surface area contributed by atoms with E-state index in [1.165, 1.54) is 0 Å². The Balaban J connectivity index is 2.28. The molecule has 0 radical (unpaired) electrons. The van der Waals surface area contributed by atoms with E-state index in [-0.39, 0.29) is 6.54 Å². The van der Waals surface area contributed by atoms with Crippen molar-refractivity contribution in [2.24, 2.45) is 7.05 Å². The number of nitrogens with zero attached hydrogens (tertiary/aromatic N) is 3. The molecule has 19 heavy (non-hydrogen) atoms. The minimum atomic E-state index is -1.37. The second kappa shape index (κ2) is 4.92. The summed E-state index contributed by atoms with van der Waals surface area (Å²) in [5.41, 5.74) is -1.08. The number of H-pyrrole nitrogens is 1. The van der Waals surface area contributed by atoms with Crippen LogP contribution in [0.1, 0.15) is 16.1 Å². The molecule has 2 N–H and O–H groups in total. The fourth-order valence-corrected chi connectivity index (χ4v) is 1.71. The van der Waals surface area contributed by atoms with Crippen LogP contribution < -0.4 is 11.2 Å². The van der Waals surface area contributed by atoms with Crippen LogP contribution in [0.15, 0.2) is 28.0 Å². The number of aromatic amines is 1. The standard InChI is InChI=1S/C11H12N4O4/c1-14-7(2-4-12-14)3-5-15-6-8(10(17)18)9(16)13-11(15)19/h2,4,6H,3,5H2,1H3,(H,17,18)(H,13,16,19). The highest BCUT2D eigenvalue weighted by Gasteiger charge is 2.11. The molecule has 0 aliphatic rings. The van der Waals surface area contributed by atoms with Crippen LogP contribution in [0.2, 0.25) is 0 Å². The predicted molar refractivity (Wildman–Crippen MR) is 65.2 cm³/mol. The molecule has 8 heteroatoms. The first kappa shape index (κ1) is 12.8. The van der Waals surface area contributed by atoms with Crippen LogP contribution in [0.5, 0.6) is 0 Å². The average Bonchev–Trinajstić information content (AvgIpc) is 2.73. The summed E-state index contributed by atoms with van der Waals surface area (Å²) in [6.45, 7) is 0.259. The Labute approximate surface area is 106 Å². The van der Waals surface area contributed by atoms with E-state index in [4.69, 9.17) is 5.11 Å². The molecule has 2 heterocycles. The number of aryl methyl sites for hydroxylation is 3. The molecule has 0 aromatic carbocycles. The Kier molecular flexibility index (Phi) is 3.32. The van der Waals surface area contributed by atoms with Gasteiger partial charge in [-0.15, -0.1) is 0 Å². The van der Waals surface area contributed by atoms with Gasteiger partial charge in [0, 0.05) is 38.1 Å². The minimum Gasteiger partial charge on any atom is -0.477 e. The summed E-state index contributed by atoms with van der Waals surface area (Å²) in [5, 5.41) is 12.8.